The summed E-state index contributed by atoms with van der Waals surface area (Å²) in [5.41, 5.74) is 0.0571. The molecule has 0 fully saturated rings. The van der Waals surface area contributed by atoms with Gasteiger partial charge >= 0.3 is 6.18 Å². The molecule has 102 valence electrons. The Morgan fingerprint density at radius 2 is 2.05 bits per heavy atom. The predicted octanol–water partition coefficient (Wildman–Crippen LogP) is 3.60. The van der Waals surface area contributed by atoms with Gasteiger partial charge in [-0.15, -0.1) is 0 Å². The van der Waals surface area contributed by atoms with Gasteiger partial charge in [-0.05, 0) is 24.6 Å². The molecule has 0 aliphatic rings. The first kappa shape index (κ1) is 13.9. The van der Waals surface area contributed by atoms with Gasteiger partial charge in [0.2, 0.25) is 0 Å². The number of aromatic nitrogens is 2. The molecule has 19 heavy (non-hydrogen) atoms. The van der Waals surface area contributed by atoms with Gasteiger partial charge in [-0.3, -0.25) is 0 Å². The predicted molar refractivity (Wildman–Crippen MR) is 64.2 cm³/mol. The molecule has 0 radical (unpaired) electrons. The van der Waals surface area contributed by atoms with E-state index in [1.165, 1.54) is 12.1 Å². The molecule has 0 spiro atoms. The summed E-state index contributed by atoms with van der Waals surface area (Å²) in [5.74, 6) is 0. The number of nitrogens with zero attached hydrogens (tertiary/aromatic N) is 2. The highest BCUT2D eigenvalue weighted by molar-refractivity contribution is 6.32. The van der Waals surface area contributed by atoms with Crippen LogP contribution in [0.2, 0.25) is 5.02 Å². The van der Waals surface area contributed by atoms with Crippen LogP contribution in [-0.2, 0) is 6.18 Å². The third-order valence-corrected chi connectivity index (χ3v) is 2.91. The Kier molecular flexibility index (Phi) is 3.56. The summed E-state index contributed by atoms with van der Waals surface area (Å²) in [6.45, 7) is 1.57. The molecular formula is C12H10ClF3N2O. The fraction of sp³-hybridized carbons (Fsp3) is 0.250. The number of alkyl halides is 3. The molecule has 0 amide bonds. The number of hydrogen-bond acceptors (Lipinski definition) is 2. The minimum Gasteiger partial charge on any atom is -0.389 e. The molecule has 2 aromatic rings. The van der Waals surface area contributed by atoms with Crippen molar-refractivity contribution in [1.82, 2.24) is 9.78 Å². The second-order valence-corrected chi connectivity index (χ2v) is 4.47. The van der Waals surface area contributed by atoms with Crippen LogP contribution in [0, 0.1) is 0 Å². The van der Waals surface area contributed by atoms with Crippen LogP contribution in [-0.4, -0.2) is 14.9 Å². The molecule has 1 aromatic carbocycles. The lowest BCUT2D eigenvalue weighted by atomic mass is 10.1. The molecule has 0 aliphatic heterocycles. The second-order valence-electron chi connectivity index (χ2n) is 4.06. The summed E-state index contributed by atoms with van der Waals surface area (Å²) in [6, 6.07) is 4.59. The van der Waals surface area contributed by atoms with Gasteiger partial charge in [-0.2, -0.15) is 18.3 Å². The van der Waals surface area contributed by atoms with Crippen LogP contribution in [0.4, 0.5) is 13.2 Å². The molecule has 1 unspecified atom stereocenters. The Morgan fingerprint density at radius 1 is 1.37 bits per heavy atom. The van der Waals surface area contributed by atoms with Gasteiger partial charge < -0.3 is 5.11 Å². The number of aliphatic hydroxyl groups is 1. The molecule has 1 aromatic heterocycles. The lowest BCUT2D eigenvalue weighted by Crippen LogP contribution is -2.03. The van der Waals surface area contributed by atoms with Gasteiger partial charge in [0.1, 0.15) is 0 Å². The van der Waals surface area contributed by atoms with E-state index in [1.54, 1.807) is 13.0 Å². The smallest absolute Gasteiger partial charge is 0.389 e. The molecule has 7 heteroatoms. The topological polar surface area (TPSA) is 38.0 Å². The second kappa shape index (κ2) is 4.86. The van der Waals surface area contributed by atoms with Crippen LogP contribution in [0.15, 0.2) is 30.6 Å². The fourth-order valence-corrected chi connectivity index (χ4v) is 1.85. The van der Waals surface area contributed by atoms with Crippen molar-refractivity contribution in [3.05, 3.63) is 46.7 Å². The maximum Gasteiger partial charge on any atom is 0.419 e. The molecule has 1 atom stereocenters. The molecule has 0 aliphatic carbocycles. The van der Waals surface area contributed by atoms with Crippen LogP contribution in [0.1, 0.15) is 24.2 Å². The van der Waals surface area contributed by atoms with Crippen LogP contribution in [0.5, 0.6) is 0 Å². The maximum absolute atomic E-state index is 12.5. The lowest BCUT2D eigenvalue weighted by molar-refractivity contribution is -0.137. The number of benzene rings is 1. The Balaban J connectivity index is 2.40. The van der Waals surface area contributed by atoms with Crippen molar-refractivity contribution in [2.24, 2.45) is 0 Å². The van der Waals surface area contributed by atoms with Gasteiger partial charge in [-0.25, -0.2) is 4.68 Å². The van der Waals surface area contributed by atoms with Gasteiger partial charge in [0.15, 0.2) is 0 Å². The van der Waals surface area contributed by atoms with Gasteiger partial charge in [0, 0.05) is 6.20 Å². The Morgan fingerprint density at radius 3 is 2.53 bits per heavy atom. The zero-order valence-corrected chi connectivity index (χ0v) is 10.6. The third-order valence-electron chi connectivity index (χ3n) is 2.61. The monoisotopic (exact) mass is 290 g/mol. The Labute approximate surface area is 112 Å². The average Bonchev–Trinajstić information content (AvgIpc) is 2.77. The van der Waals surface area contributed by atoms with Gasteiger partial charge in [0.25, 0.3) is 0 Å². The van der Waals surface area contributed by atoms with E-state index in [9.17, 15) is 18.3 Å². The van der Waals surface area contributed by atoms with E-state index in [1.807, 2.05) is 0 Å². The lowest BCUT2D eigenvalue weighted by Gasteiger charge is -2.09. The highest BCUT2D eigenvalue weighted by Crippen LogP contribution is 2.30. The van der Waals surface area contributed by atoms with Gasteiger partial charge in [0.05, 0.1) is 28.6 Å². The summed E-state index contributed by atoms with van der Waals surface area (Å²) in [5, 5.41) is 13.2. The quantitative estimate of drug-likeness (QED) is 0.918. The minimum absolute atomic E-state index is 0.218. The highest BCUT2D eigenvalue weighted by Gasteiger charge is 2.32. The fourth-order valence-electron chi connectivity index (χ4n) is 1.57. The molecule has 0 bridgehead atoms. The Bertz CT molecular complexity index is 593. The van der Waals surface area contributed by atoms with Crippen LogP contribution < -0.4 is 0 Å². The normalized spacial score (nSPS) is 13.6. The first-order valence-corrected chi connectivity index (χ1v) is 5.76. The van der Waals surface area contributed by atoms with E-state index in [2.05, 4.69) is 5.10 Å². The van der Waals surface area contributed by atoms with Crippen molar-refractivity contribution in [3.8, 4) is 5.69 Å². The van der Waals surface area contributed by atoms with Crippen LogP contribution in [0.3, 0.4) is 0 Å². The summed E-state index contributed by atoms with van der Waals surface area (Å²) < 4.78 is 38.5. The van der Waals surface area contributed by atoms with Crippen molar-refractivity contribution >= 4 is 11.6 Å². The van der Waals surface area contributed by atoms with E-state index in [0.717, 1.165) is 17.1 Å². The molecule has 1 N–H and O–H groups in total. The van der Waals surface area contributed by atoms with Crippen molar-refractivity contribution in [3.63, 3.8) is 0 Å². The van der Waals surface area contributed by atoms with Crippen LogP contribution >= 0.6 is 11.6 Å². The standard InChI is InChI=1S/C12H10ClF3N2O/c1-7(19)8-2-3-11(10(13)4-8)18-6-9(5-17-18)12(14,15)16/h2-7,19H,1H3. The van der Waals surface area contributed by atoms with E-state index in [-0.39, 0.29) is 5.02 Å². The molecular weight excluding hydrogens is 281 g/mol. The average molecular weight is 291 g/mol. The van der Waals surface area contributed by atoms with E-state index >= 15 is 0 Å². The minimum atomic E-state index is -4.44. The van der Waals surface area contributed by atoms with Crippen molar-refractivity contribution in [2.75, 3.05) is 0 Å². The van der Waals surface area contributed by atoms with Crippen molar-refractivity contribution in [1.29, 1.82) is 0 Å². The van der Waals surface area contributed by atoms with Crippen LogP contribution in [0.25, 0.3) is 5.69 Å². The molecule has 1 heterocycles. The van der Waals surface area contributed by atoms with Crippen molar-refractivity contribution < 1.29 is 18.3 Å². The molecule has 3 nitrogen and oxygen atoms in total. The third kappa shape index (κ3) is 2.90. The van der Waals surface area contributed by atoms with Crippen molar-refractivity contribution in [2.45, 2.75) is 19.2 Å². The zero-order valence-electron chi connectivity index (χ0n) is 9.82. The summed E-state index contributed by atoms with van der Waals surface area (Å²) in [6.07, 6.45) is -3.54. The summed E-state index contributed by atoms with van der Waals surface area (Å²) in [4.78, 5) is 0. The summed E-state index contributed by atoms with van der Waals surface area (Å²) in [7, 11) is 0. The van der Waals surface area contributed by atoms with E-state index in [0.29, 0.717) is 11.3 Å². The number of hydrogen-bond donors (Lipinski definition) is 1. The zero-order chi connectivity index (χ0) is 14.2. The first-order chi connectivity index (χ1) is 8.79. The van der Waals surface area contributed by atoms with E-state index in [4.69, 9.17) is 11.6 Å². The summed E-state index contributed by atoms with van der Waals surface area (Å²) >= 11 is 5.98. The largest absolute Gasteiger partial charge is 0.419 e. The number of halogens is 4. The maximum atomic E-state index is 12.5. The van der Waals surface area contributed by atoms with Gasteiger partial charge in [-0.1, -0.05) is 17.7 Å². The number of aliphatic hydroxyl groups excluding tert-OH is 1. The number of rotatable bonds is 2. The first-order valence-electron chi connectivity index (χ1n) is 5.39. The molecule has 2 rings (SSSR count). The van der Waals surface area contributed by atoms with E-state index < -0.39 is 17.8 Å². The molecule has 0 saturated carbocycles. The Hall–Kier alpha value is -1.53. The molecule has 0 saturated heterocycles. The highest BCUT2D eigenvalue weighted by atomic mass is 35.5. The SMILES string of the molecule is CC(O)c1ccc(-n2cc(C(F)(F)F)cn2)c(Cl)c1.